The number of nitrogens with zero attached hydrogens (tertiary/aromatic N) is 2. The van der Waals surface area contributed by atoms with E-state index >= 15 is 0 Å². The summed E-state index contributed by atoms with van der Waals surface area (Å²) in [5, 5.41) is 2.93. The Kier molecular flexibility index (Phi) is 5.55. The van der Waals surface area contributed by atoms with Gasteiger partial charge >= 0.3 is 6.03 Å². The first-order chi connectivity index (χ1) is 17.9. The van der Waals surface area contributed by atoms with Crippen molar-refractivity contribution in [2.75, 3.05) is 13.2 Å². The number of imide groups is 1. The van der Waals surface area contributed by atoms with Crippen LogP contribution in [-0.4, -0.2) is 46.4 Å². The van der Waals surface area contributed by atoms with Gasteiger partial charge in [-0.15, -0.1) is 0 Å². The van der Waals surface area contributed by atoms with E-state index in [1.807, 2.05) is 73.0 Å². The first-order valence-electron chi connectivity index (χ1n) is 12.7. The zero-order valence-corrected chi connectivity index (χ0v) is 21.0. The lowest BCUT2D eigenvalue weighted by molar-refractivity contribution is -0.131. The smallest absolute Gasteiger partial charge is 0.325 e. The van der Waals surface area contributed by atoms with Gasteiger partial charge in [0.2, 0.25) is 0 Å². The number of nitrogens with one attached hydrogen (secondary N) is 1. The van der Waals surface area contributed by atoms with Crippen molar-refractivity contribution in [3.8, 4) is 11.5 Å². The number of aryl methyl sites for hydroxylation is 2. The molecule has 8 nitrogen and oxygen atoms in total. The molecule has 1 fully saturated rings. The van der Waals surface area contributed by atoms with Gasteiger partial charge in [0.1, 0.15) is 12.1 Å². The van der Waals surface area contributed by atoms with Gasteiger partial charge in [-0.05, 0) is 62.4 Å². The van der Waals surface area contributed by atoms with Gasteiger partial charge in [-0.2, -0.15) is 0 Å². The minimum absolute atomic E-state index is 0.209. The van der Waals surface area contributed by atoms with Gasteiger partial charge in [0.25, 0.3) is 5.91 Å². The highest BCUT2D eigenvalue weighted by Gasteiger charge is 2.54. The molecular formula is C29H29N3O5. The highest BCUT2D eigenvalue weighted by Crippen LogP contribution is 2.40. The SMILES string of the molecule is Cc1cc(C(=O)CN2C(=O)N[C@]3(CCCc4ccccc43)C2=O)c(C)n1C[C@H]1COc2ccccc2O1. The Morgan fingerprint density at radius 2 is 1.84 bits per heavy atom. The van der Waals surface area contributed by atoms with E-state index in [9.17, 15) is 14.4 Å². The van der Waals surface area contributed by atoms with Crippen molar-refractivity contribution in [2.45, 2.75) is 51.3 Å². The molecule has 8 heteroatoms. The summed E-state index contributed by atoms with van der Waals surface area (Å²) in [5.74, 6) is 0.810. The van der Waals surface area contributed by atoms with Gasteiger partial charge in [-0.1, -0.05) is 36.4 Å². The molecular weight excluding hydrogens is 470 g/mol. The lowest BCUT2D eigenvalue weighted by Crippen LogP contribution is -2.46. The highest BCUT2D eigenvalue weighted by molar-refractivity contribution is 6.11. The average molecular weight is 500 g/mol. The summed E-state index contributed by atoms with van der Waals surface area (Å²) in [7, 11) is 0. The molecule has 3 heterocycles. The molecule has 1 saturated heterocycles. The first kappa shape index (κ1) is 23.3. The van der Waals surface area contributed by atoms with Crippen molar-refractivity contribution < 1.29 is 23.9 Å². The van der Waals surface area contributed by atoms with E-state index in [1.54, 1.807) is 0 Å². The summed E-state index contributed by atoms with van der Waals surface area (Å²) in [5.41, 5.74) is 2.99. The molecule has 2 aliphatic heterocycles. The van der Waals surface area contributed by atoms with Crippen LogP contribution in [0.25, 0.3) is 0 Å². The van der Waals surface area contributed by atoms with Crippen LogP contribution in [0.4, 0.5) is 4.79 Å². The molecule has 1 N–H and O–H groups in total. The maximum atomic E-state index is 13.6. The zero-order chi connectivity index (χ0) is 25.7. The predicted molar refractivity (Wildman–Crippen MR) is 136 cm³/mol. The van der Waals surface area contributed by atoms with Gasteiger partial charge in [-0.3, -0.25) is 14.5 Å². The molecule has 3 amide bonds. The molecule has 0 radical (unpaired) electrons. The summed E-state index contributed by atoms with van der Waals surface area (Å²) in [6, 6.07) is 16.6. The molecule has 3 aliphatic rings. The number of aromatic nitrogens is 1. The molecule has 0 bridgehead atoms. The normalized spacial score (nSPS) is 22.2. The van der Waals surface area contributed by atoms with Crippen molar-refractivity contribution in [2.24, 2.45) is 0 Å². The zero-order valence-electron chi connectivity index (χ0n) is 21.0. The van der Waals surface area contributed by atoms with Gasteiger partial charge in [0.15, 0.2) is 23.4 Å². The van der Waals surface area contributed by atoms with E-state index in [2.05, 4.69) is 5.32 Å². The highest BCUT2D eigenvalue weighted by atomic mass is 16.6. The van der Waals surface area contributed by atoms with Crippen LogP contribution in [0.5, 0.6) is 11.5 Å². The molecule has 1 spiro atoms. The number of hydrogen-bond donors (Lipinski definition) is 1. The number of Topliss-reactive ketones (excluding diaryl/α,β-unsaturated/α-hetero) is 1. The standard InChI is InChI=1S/C29H29N3O5/c1-18-14-22(19(2)31(18)15-21-17-36-25-11-5-6-12-26(25)37-21)24(33)16-32-27(34)29(30-28(32)35)13-7-9-20-8-3-4-10-23(20)29/h3-6,8,10-12,14,21H,7,9,13,15-17H2,1-2H3,(H,30,35)/t21-,29-/m0/s1. The number of hydrogen-bond acceptors (Lipinski definition) is 5. The van der Waals surface area contributed by atoms with E-state index in [0.29, 0.717) is 30.9 Å². The van der Waals surface area contributed by atoms with Crippen LogP contribution in [0.15, 0.2) is 54.6 Å². The van der Waals surface area contributed by atoms with Crippen molar-refractivity contribution in [1.82, 2.24) is 14.8 Å². The quantitative estimate of drug-likeness (QED) is 0.425. The second-order valence-electron chi connectivity index (χ2n) is 10.1. The van der Waals surface area contributed by atoms with Crippen LogP contribution >= 0.6 is 0 Å². The first-order valence-corrected chi connectivity index (χ1v) is 12.7. The van der Waals surface area contributed by atoms with Crippen LogP contribution < -0.4 is 14.8 Å². The number of urea groups is 1. The maximum Gasteiger partial charge on any atom is 0.325 e. The third kappa shape index (κ3) is 3.79. The molecule has 190 valence electrons. The van der Waals surface area contributed by atoms with Crippen LogP contribution in [0.2, 0.25) is 0 Å². The van der Waals surface area contributed by atoms with E-state index in [-0.39, 0.29) is 24.3 Å². The minimum Gasteiger partial charge on any atom is -0.486 e. The van der Waals surface area contributed by atoms with Crippen LogP contribution in [0.1, 0.15) is 45.7 Å². The number of para-hydroxylation sites is 2. The van der Waals surface area contributed by atoms with Crippen LogP contribution in [0.3, 0.4) is 0 Å². The molecule has 2 aromatic carbocycles. The number of ether oxygens (including phenoxy) is 2. The number of rotatable bonds is 5. The van der Waals surface area contributed by atoms with E-state index in [1.165, 1.54) is 0 Å². The van der Waals surface area contributed by atoms with E-state index < -0.39 is 11.6 Å². The number of amides is 3. The summed E-state index contributed by atoms with van der Waals surface area (Å²) < 4.78 is 14.0. The van der Waals surface area contributed by atoms with Gasteiger partial charge in [0, 0.05) is 17.0 Å². The summed E-state index contributed by atoms with van der Waals surface area (Å²) in [4.78, 5) is 41.0. The Bertz CT molecular complexity index is 1430. The fourth-order valence-corrected chi connectivity index (χ4v) is 5.90. The van der Waals surface area contributed by atoms with Crippen molar-refractivity contribution in [1.29, 1.82) is 0 Å². The number of fused-ring (bicyclic) bond motifs is 3. The molecule has 3 aromatic rings. The summed E-state index contributed by atoms with van der Waals surface area (Å²) in [6.45, 7) is 4.44. The Hall–Kier alpha value is -4.07. The number of ketones is 1. The van der Waals surface area contributed by atoms with E-state index in [0.717, 1.165) is 46.0 Å². The molecule has 1 aromatic heterocycles. The summed E-state index contributed by atoms with van der Waals surface area (Å²) in [6.07, 6.45) is 1.98. The fourth-order valence-electron chi connectivity index (χ4n) is 5.90. The van der Waals surface area contributed by atoms with Crippen molar-refractivity contribution in [3.05, 3.63) is 82.7 Å². The summed E-state index contributed by atoms with van der Waals surface area (Å²) >= 11 is 0. The van der Waals surface area contributed by atoms with Crippen LogP contribution in [-0.2, 0) is 23.3 Å². The topological polar surface area (TPSA) is 89.9 Å². The Balaban J connectivity index is 1.20. The lowest BCUT2D eigenvalue weighted by atomic mass is 9.76. The number of benzene rings is 2. The second-order valence-corrected chi connectivity index (χ2v) is 10.1. The predicted octanol–water partition coefficient (Wildman–Crippen LogP) is 3.91. The molecule has 0 saturated carbocycles. The van der Waals surface area contributed by atoms with Gasteiger partial charge < -0.3 is 19.4 Å². The molecule has 6 rings (SSSR count). The monoisotopic (exact) mass is 499 g/mol. The van der Waals surface area contributed by atoms with E-state index in [4.69, 9.17) is 9.47 Å². The number of carbonyl (C=O) groups is 3. The molecule has 0 unspecified atom stereocenters. The second kappa shape index (κ2) is 8.80. The minimum atomic E-state index is -1.09. The molecule has 1 aliphatic carbocycles. The van der Waals surface area contributed by atoms with Crippen LogP contribution in [0, 0.1) is 13.8 Å². The molecule has 37 heavy (non-hydrogen) atoms. The third-order valence-electron chi connectivity index (χ3n) is 7.78. The van der Waals surface area contributed by atoms with Crippen molar-refractivity contribution in [3.63, 3.8) is 0 Å². The van der Waals surface area contributed by atoms with Gasteiger partial charge in [0.05, 0.1) is 13.1 Å². The lowest BCUT2D eigenvalue weighted by Gasteiger charge is -2.33. The maximum absolute atomic E-state index is 13.6. The number of carbonyl (C=O) groups excluding carboxylic acids is 3. The third-order valence-corrected chi connectivity index (χ3v) is 7.78. The molecule has 2 atom stereocenters. The fraction of sp³-hybridized carbons (Fsp3) is 0.345. The average Bonchev–Trinajstić information content (AvgIpc) is 3.31. The Morgan fingerprint density at radius 1 is 1.08 bits per heavy atom. The Morgan fingerprint density at radius 3 is 2.68 bits per heavy atom. The van der Waals surface area contributed by atoms with Crippen molar-refractivity contribution >= 4 is 17.7 Å². The Labute approximate surface area is 215 Å². The van der Waals surface area contributed by atoms with Gasteiger partial charge in [-0.25, -0.2) is 4.79 Å². The largest absolute Gasteiger partial charge is 0.486 e.